The van der Waals surface area contributed by atoms with Gasteiger partial charge in [0.25, 0.3) is 0 Å². The van der Waals surface area contributed by atoms with Crippen molar-refractivity contribution in [3.8, 4) is 5.75 Å². The third kappa shape index (κ3) is 6.50. The number of carbonyl (C=O) groups is 1. The smallest absolute Gasteiger partial charge is 0.339 e. The highest BCUT2D eigenvalue weighted by Gasteiger charge is 2.13. The molecule has 1 aromatic carbocycles. The lowest BCUT2D eigenvalue weighted by atomic mass is 10.0. The molecule has 0 heterocycles. The second kappa shape index (κ2) is 10.3. The summed E-state index contributed by atoms with van der Waals surface area (Å²) in [6.45, 7) is 7.14. The van der Waals surface area contributed by atoms with Gasteiger partial charge in [-0.3, -0.25) is 0 Å². The molecule has 0 spiro atoms. The first-order valence-electron chi connectivity index (χ1n) is 8.57. The van der Waals surface area contributed by atoms with Gasteiger partial charge in [-0.2, -0.15) is 0 Å². The van der Waals surface area contributed by atoms with Gasteiger partial charge >= 0.3 is 5.97 Å². The Bertz CT molecular complexity index is 454. The lowest BCUT2D eigenvalue weighted by Crippen LogP contribution is -2.08. The number of carboxylic acid groups (broad SMARTS) is 1. The van der Waals surface area contributed by atoms with Gasteiger partial charge < -0.3 is 9.84 Å². The third-order valence-electron chi connectivity index (χ3n) is 4.01. The molecule has 1 rings (SSSR count). The molecule has 0 radical (unpaired) electrons. The molecule has 0 aliphatic rings. The number of aryl methyl sites for hydroxylation is 1. The molecule has 1 N–H and O–H groups in total. The van der Waals surface area contributed by atoms with Crippen LogP contribution in [0.1, 0.15) is 75.2 Å². The number of hydrogen-bond acceptors (Lipinski definition) is 2. The van der Waals surface area contributed by atoms with Crippen molar-refractivity contribution in [2.24, 2.45) is 5.92 Å². The molecule has 22 heavy (non-hydrogen) atoms. The molecule has 1 unspecified atom stereocenters. The van der Waals surface area contributed by atoms with Crippen LogP contribution in [0.3, 0.4) is 0 Å². The number of benzene rings is 1. The highest BCUT2D eigenvalue weighted by Crippen LogP contribution is 2.22. The summed E-state index contributed by atoms with van der Waals surface area (Å²) < 4.78 is 5.73. The van der Waals surface area contributed by atoms with E-state index in [9.17, 15) is 9.90 Å². The highest BCUT2D eigenvalue weighted by atomic mass is 16.5. The zero-order valence-corrected chi connectivity index (χ0v) is 14.2. The maximum absolute atomic E-state index is 11.4. The van der Waals surface area contributed by atoms with E-state index in [1.807, 2.05) is 12.1 Å². The molecule has 3 heteroatoms. The molecule has 1 aromatic rings. The monoisotopic (exact) mass is 306 g/mol. The maximum Gasteiger partial charge on any atom is 0.339 e. The lowest BCUT2D eigenvalue weighted by Gasteiger charge is -2.14. The molecule has 0 aromatic heterocycles. The SMILES string of the molecule is CCCCc1ccc(OCCC(C)CCCC)c(C(=O)O)c1. The standard InChI is InChI=1S/C19H30O3/c1-4-6-8-15(3)12-13-22-18-11-10-16(9-7-5-2)14-17(18)19(20)21/h10-11,14-15H,4-9,12-13H2,1-3H3,(H,20,21). The van der Waals surface area contributed by atoms with Crippen LogP contribution in [0.5, 0.6) is 5.75 Å². The summed E-state index contributed by atoms with van der Waals surface area (Å²) in [4.78, 5) is 11.4. The fourth-order valence-electron chi connectivity index (χ4n) is 2.47. The summed E-state index contributed by atoms with van der Waals surface area (Å²) in [6, 6.07) is 5.55. The minimum atomic E-state index is -0.910. The van der Waals surface area contributed by atoms with Crippen molar-refractivity contribution in [2.75, 3.05) is 6.61 Å². The van der Waals surface area contributed by atoms with Gasteiger partial charge in [0.2, 0.25) is 0 Å². The third-order valence-corrected chi connectivity index (χ3v) is 4.01. The number of rotatable bonds is 11. The Morgan fingerprint density at radius 2 is 1.91 bits per heavy atom. The average molecular weight is 306 g/mol. The predicted octanol–water partition coefficient (Wildman–Crippen LogP) is 5.32. The molecular weight excluding hydrogens is 276 g/mol. The summed E-state index contributed by atoms with van der Waals surface area (Å²) in [5.74, 6) is 0.208. The summed E-state index contributed by atoms with van der Waals surface area (Å²) >= 11 is 0. The quantitative estimate of drug-likeness (QED) is 0.601. The van der Waals surface area contributed by atoms with Crippen LogP contribution in [-0.4, -0.2) is 17.7 Å². The Labute approximate surface area is 134 Å². The Hall–Kier alpha value is -1.51. The molecule has 3 nitrogen and oxygen atoms in total. The van der Waals surface area contributed by atoms with Crippen LogP contribution in [0.4, 0.5) is 0 Å². The number of carboxylic acids is 1. The van der Waals surface area contributed by atoms with Crippen molar-refractivity contribution in [2.45, 2.75) is 65.7 Å². The zero-order valence-electron chi connectivity index (χ0n) is 14.2. The molecule has 0 saturated carbocycles. The lowest BCUT2D eigenvalue weighted by molar-refractivity contribution is 0.0692. The number of unbranched alkanes of at least 4 members (excludes halogenated alkanes) is 2. The molecule has 0 fully saturated rings. The Morgan fingerprint density at radius 3 is 2.55 bits per heavy atom. The van der Waals surface area contributed by atoms with Gasteiger partial charge in [-0.15, -0.1) is 0 Å². The summed E-state index contributed by atoms with van der Waals surface area (Å²) in [7, 11) is 0. The molecule has 0 aliphatic carbocycles. The van der Waals surface area contributed by atoms with Gasteiger partial charge in [-0.05, 0) is 42.9 Å². The zero-order chi connectivity index (χ0) is 16.4. The van der Waals surface area contributed by atoms with E-state index in [1.54, 1.807) is 6.07 Å². The second-order valence-electron chi connectivity index (χ2n) is 6.12. The fourth-order valence-corrected chi connectivity index (χ4v) is 2.47. The van der Waals surface area contributed by atoms with Crippen LogP contribution in [0.25, 0.3) is 0 Å². The van der Waals surface area contributed by atoms with E-state index in [0.29, 0.717) is 18.3 Å². The van der Waals surface area contributed by atoms with Crippen molar-refractivity contribution >= 4 is 5.97 Å². The van der Waals surface area contributed by atoms with Gasteiger partial charge in [0.15, 0.2) is 0 Å². The van der Waals surface area contributed by atoms with Crippen molar-refractivity contribution < 1.29 is 14.6 Å². The van der Waals surface area contributed by atoms with E-state index in [-0.39, 0.29) is 5.56 Å². The number of ether oxygens (including phenoxy) is 1. The summed E-state index contributed by atoms with van der Waals surface area (Å²) in [5, 5.41) is 9.36. The topological polar surface area (TPSA) is 46.5 Å². The molecule has 124 valence electrons. The van der Waals surface area contributed by atoms with Gasteiger partial charge in [-0.1, -0.05) is 52.5 Å². The van der Waals surface area contributed by atoms with Crippen molar-refractivity contribution in [3.05, 3.63) is 29.3 Å². The molecule has 0 saturated heterocycles. The van der Waals surface area contributed by atoms with Gasteiger partial charge in [0.1, 0.15) is 11.3 Å². The van der Waals surface area contributed by atoms with E-state index >= 15 is 0 Å². The van der Waals surface area contributed by atoms with Crippen LogP contribution in [-0.2, 0) is 6.42 Å². The fraction of sp³-hybridized carbons (Fsp3) is 0.632. The normalized spacial score (nSPS) is 12.1. The first-order chi connectivity index (χ1) is 10.6. The summed E-state index contributed by atoms with van der Waals surface area (Å²) in [5.41, 5.74) is 1.36. The van der Waals surface area contributed by atoms with Crippen molar-refractivity contribution in [1.29, 1.82) is 0 Å². The van der Waals surface area contributed by atoms with E-state index < -0.39 is 5.97 Å². The minimum absolute atomic E-state index is 0.287. The Morgan fingerprint density at radius 1 is 1.18 bits per heavy atom. The molecule has 0 amide bonds. The highest BCUT2D eigenvalue weighted by molar-refractivity contribution is 5.91. The van der Waals surface area contributed by atoms with Gasteiger partial charge in [0.05, 0.1) is 6.61 Å². The number of hydrogen-bond donors (Lipinski definition) is 1. The van der Waals surface area contributed by atoms with Crippen LogP contribution >= 0.6 is 0 Å². The Balaban J connectivity index is 2.59. The van der Waals surface area contributed by atoms with Crippen LogP contribution in [0.2, 0.25) is 0 Å². The minimum Gasteiger partial charge on any atom is -0.493 e. The Kier molecular flexibility index (Phi) is 8.64. The second-order valence-corrected chi connectivity index (χ2v) is 6.12. The molecule has 0 bridgehead atoms. The summed E-state index contributed by atoms with van der Waals surface area (Å²) in [6.07, 6.45) is 7.75. The molecule has 1 atom stereocenters. The average Bonchev–Trinajstić information content (AvgIpc) is 2.51. The van der Waals surface area contributed by atoms with Crippen LogP contribution in [0.15, 0.2) is 18.2 Å². The molecular formula is C19H30O3. The van der Waals surface area contributed by atoms with Gasteiger partial charge in [0, 0.05) is 0 Å². The first-order valence-corrected chi connectivity index (χ1v) is 8.57. The predicted molar refractivity (Wildman–Crippen MR) is 90.8 cm³/mol. The maximum atomic E-state index is 11.4. The van der Waals surface area contributed by atoms with Gasteiger partial charge in [-0.25, -0.2) is 4.79 Å². The van der Waals surface area contributed by atoms with E-state index in [0.717, 1.165) is 31.2 Å². The molecule has 0 aliphatic heterocycles. The number of aromatic carboxylic acids is 1. The largest absolute Gasteiger partial charge is 0.493 e. The van der Waals surface area contributed by atoms with E-state index in [2.05, 4.69) is 20.8 Å². The van der Waals surface area contributed by atoms with Crippen molar-refractivity contribution in [1.82, 2.24) is 0 Å². The van der Waals surface area contributed by atoms with Crippen LogP contribution in [0, 0.1) is 5.92 Å². The van der Waals surface area contributed by atoms with E-state index in [1.165, 1.54) is 19.3 Å². The van der Waals surface area contributed by atoms with Crippen LogP contribution < -0.4 is 4.74 Å². The first kappa shape index (κ1) is 18.5. The van der Waals surface area contributed by atoms with Crippen molar-refractivity contribution in [3.63, 3.8) is 0 Å². The van der Waals surface area contributed by atoms with E-state index in [4.69, 9.17) is 4.74 Å².